The zero-order valence-electron chi connectivity index (χ0n) is 9.74. The van der Waals surface area contributed by atoms with Crippen LogP contribution in [0.3, 0.4) is 0 Å². The predicted molar refractivity (Wildman–Crippen MR) is 68.9 cm³/mol. The first-order chi connectivity index (χ1) is 7.48. The summed E-state index contributed by atoms with van der Waals surface area (Å²) in [5.74, 6) is 0.276. The number of carbonyl (C=O) groups is 1. The number of amides is 1. The van der Waals surface area contributed by atoms with E-state index in [1.807, 2.05) is 26.2 Å². The molecule has 16 heavy (non-hydrogen) atoms. The molecule has 4 nitrogen and oxygen atoms in total. The van der Waals surface area contributed by atoms with E-state index in [9.17, 15) is 4.79 Å². The van der Waals surface area contributed by atoms with Crippen molar-refractivity contribution in [3.63, 3.8) is 0 Å². The van der Waals surface area contributed by atoms with E-state index in [1.165, 1.54) is 0 Å². The van der Waals surface area contributed by atoms with Gasteiger partial charge in [0.15, 0.2) is 0 Å². The summed E-state index contributed by atoms with van der Waals surface area (Å²) in [4.78, 5) is 15.7. The first-order valence-corrected chi connectivity index (χ1v) is 6.94. The zero-order valence-corrected chi connectivity index (χ0v) is 11.4. The van der Waals surface area contributed by atoms with Crippen LogP contribution in [0, 0.1) is 6.92 Å². The molecule has 0 saturated heterocycles. The highest BCUT2D eigenvalue weighted by molar-refractivity contribution is 8.01. The molecule has 0 aliphatic carbocycles. The standard InChI is InChI=1S/C10H17N3OS2/c1-4-12-10(3,8(11)14)6-16-9-13-7(2)5-15-9/h5,12H,4,6H2,1-3H3,(H2,11,14). The number of likely N-dealkylation sites (N-methyl/N-ethyl adjacent to an activating group) is 1. The van der Waals surface area contributed by atoms with Crippen molar-refractivity contribution in [2.75, 3.05) is 12.3 Å². The molecule has 6 heteroatoms. The Morgan fingerprint density at radius 3 is 2.88 bits per heavy atom. The molecule has 0 saturated carbocycles. The molecule has 0 aliphatic rings. The first kappa shape index (κ1) is 13.5. The van der Waals surface area contributed by atoms with Crippen LogP contribution in [0.25, 0.3) is 0 Å². The van der Waals surface area contributed by atoms with Crippen molar-refractivity contribution in [2.24, 2.45) is 5.73 Å². The molecule has 0 aromatic carbocycles. The zero-order chi connectivity index (χ0) is 12.2. The number of aryl methyl sites for hydroxylation is 1. The van der Waals surface area contributed by atoms with Gasteiger partial charge in [0.1, 0.15) is 9.88 Å². The minimum Gasteiger partial charge on any atom is -0.368 e. The number of hydrogen-bond acceptors (Lipinski definition) is 5. The maximum absolute atomic E-state index is 11.4. The van der Waals surface area contributed by atoms with Crippen LogP contribution in [-0.2, 0) is 4.79 Å². The van der Waals surface area contributed by atoms with Crippen LogP contribution < -0.4 is 11.1 Å². The minimum absolute atomic E-state index is 0.324. The average Bonchev–Trinajstić information content (AvgIpc) is 2.61. The third-order valence-corrected chi connectivity index (χ3v) is 4.65. The molecule has 1 atom stereocenters. The van der Waals surface area contributed by atoms with Crippen LogP contribution in [0.4, 0.5) is 0 Å². The first-order valence-electron chi connectivity index (χ1n) is 5.08. The van der Waals surface area contributed by atoms with Gasteiger partial charge in [-0.3, -0.25) is 4.79 Å². The van der Waals surface area contributed by atoms with Crippen LogP contribution in [0.1, 0.15) is 19.5 Å². The van der Waals surface area contributed by atoms with E-state index < -0.39 is 5.54 Å². The van der Waals surface area contributed by atoms with Crippen molar-refractivity contribution in [1.29, 1.82) is 0 Å². The number of nitrogens with two attached hydrogens (primary N) is 1. The Labute approximate surface area is 104 Å². The van der Waals surface area contributed by atoms with Crippen molar-refractivity contribution in [3.8, 4) is 0 Å². The number of carbonyl (C=O) groups excluding carboxylic acids is 1. The van der Waals surface area contributed by atoms with Gasteiger partial charge in [-0.25, -0.2) is 4.98 Å². The summed E-state index contributed by atoms with van der Waals surface area (Å²) in [6.45, 7) is 6.46. The molecule has 1 rings (SSSR count). The van der Waals surface area contributed by atoms with E-state index in [0.717, 1.165) is 16.6 Å². The molecule has 1 unspecified atom stereocenters. The Hall–Kier alpha value is -0.590. The Balaban J connectivity index is 2.60. The van der Waals surface area contributed by atoms with Gasteiger partial charge in [-0.05, 0) is 20.4 Å². The molecule has 0 fully saturated rings. The third-order valence-electron chi connectivity index (χ3n) is 2.19. The fourth-order valence-electron chi connectivity index (χ4n) is 1.20. The van der Waals surface area contributed by atoms with Gasteiger partial charge >= 0.3 is 0 Å². The number of primary amides is 1. The van der Waals surface area contributed by atoms with Crippen LogP contribution in [0.15, 0.2) is 9.72 Å². The van der Waals surface area contributed by atoms with E-state index in [4.69, 9.17) is 5.73 Å². The normalized spacial score (nSPS) is 14.7. The molecule has 0 spiro atoms. The summed E-state index contributed by atoms with van der Waals surface area (Å²) in [6.07, 6.45) is 0. The molecule has 0 bridgehead atoms. The number of aromatic nitrogens is 1. The topological polar surface area (TPSA) is 68.0 Å². The van der Waals surface area contributed by atoms with E-state index >= 15 is 0 Å². The van der Waals surface area contributed by atoms with E-state index in [1.54, 1.807) is 23.1 Å². The van der Waals surface area contributed by atoms with Gasteiger partial charge in [0, 0.05) is 16.8 Å². The second-order valence-electron chi connectivity index (χ2n) is 3.77. The molecule has 0 aliphatic heterocycles. The largest absolute Gasteiger partial charge is 0.368 e. The summed E-state index contributed by atoms with van der Waals surface area (Å²) < 4.78 is 0.975. The lowest BCUT2D eigenvalue weighted by Crippen LogP contribution is -2.55. The van der Waals surface area contributed by atoms with Crippen molar-refractivity contribution in [3.05, 3.63) is 11.1 Å². The third kappa shape index (κ3) is 3.47. The number of nitrogens with one attached hydrogen (secondary N) is 1. The molecule has 90 valence electrons. The molecule has 1 amide bonds. The lowest BCUT2D eigenvalue weighted by molar-refractivity contribution is -0.122. The Morgan fingerprint density at radius 1 is 1.75 bits per heavy atom. The van der Waals surface area contributed by atoms with Gasteiger partial charge in [-0.1, -0.05) is 18.7 Å². The van der Waals surface area contributed by atoms with Gasteiger partial charge in [-0.2, -0.15) is 0 Å². The Bertz CT molecular complexity index is 367. The lowest BCUT2D eigenvalue weighted by Gasteiger charge is -2.25. The van der Waals surface area contributed by atoms with E-state index in [0.29, 0.717) is 5.75 Å². The van der Waals surface area contributed by atoms with E-state index in [-0.39, 0.29) is 5.91 Å². The van der Waals surface area contributed by atoms with Gasteiger partial charge < -0.3 is 11.1 Å². The average molecular weight is 259 g/mol. The smallest absolute Gasteiger partial charge is 0.238 e. The highest BCUT2D eigenvalue weighted by Gasteiger charge is 2.30. The Kier molecular flexibility index (Phi) is 4.76. The molecule has 1 aromatic heterocycles. The fraction of sp³-hybridized carbons (Fsp3) is 0.600. The van der Waals surface area contributed by atoms with Crippen molar-refractivity contribution in [1.82, 2.24) is 10.3 Å². The van der Waals surface area contributed by atoms with Gasteiger partial charge in [0.2, 0.25) is 5.91 Å². The number of nitrogens with zero attached hydrogens (tertiary/aromatic N) is 1. The van der Waals surface area contributed by atoms with Gasteiger partial charge in [0.25, 0.3) is 0 Å². The molecular formula is C10H17N3OS2. The maximum atomic E-state index is 11.4. The number of thiazole rings is 1. The summed E-state index contributed by atoms with van der Waals surface area (Å²) in [7, 11) is 0. The minimum atomic E-state index is -0.668. The summed E-state index contributed by atoms with van der Waals surface area (Å²) in [5.41, 5.74) is 5.74. The van der Waals surface area contributed by atoms with Gasteiger partial charge in [0.05, 0.1) is 0 Å². The molecule has 1 heterocycles. The molecule has 3 N–H and O–H groups in total. The lowest BCUT2D eigenvalue weighted by atomic mass is 10.1. The SMILES string of the molecule is CCNC(C)(CSc1nc(C)cs1)C(N)=O. The summed E-state index contributed by atoms with van der Waals surface area (Å²) in [6, 6.07) is 0. The molecular weight excluding hydrogens is 242 g/mol. The number of rotatable bonds is 6. The highest BCUT2D eigenvalue weighted by Crippen LogP contribution is 2.25. The maximum Gasteiger partial charge on any atom is 0.238 e. The quantitative estimate of drug-likeness (QED) is 0.758. The van der Waals surface area contributed by atoms with Gasteiger partial charge in [-0.15, -0.1) is 11.3 Å². The van der Waals surface area contributed by atoms with Crippen molar-refractivity contribution < 1.29 is 4.79 Å². The summed E-state index contributed by atoms with van der Waals surface area (Å²) in [5, 5.41) is 5.11. The molecule has 0 radical (unpaired) electrons. The number of thioether (sulfide) groups is 1. The van der Waals surface area contributed by atoms with Crippen molar-refractivity contribution in [2.45, 2.75) is 30.6 Å². The monoisotopic (exact) mass is 259 g/mol. The van der Waals surface area contributed by atoms with E-state index in [2.05, 4.69) is 10.3 Å². The molecule has 1 aromatic rings. The predicted octanol–water partition coefficient (Wildman–Crippen LogP) is 1.40. The Morgan fingerprint density at radius 2 is 2.44 bits per heavy atom. The van der Waals surface area contributed by atoms with Crippen molar-refractivity contribution >= 4 is 29.0 Å². The number of hydrogen-bond donors (Lipinski definition) is 2. The highest BCUT2D eigenvalue weighted by atomic mass is 32.2. The van der Waals surface area contributed by atoms with Crippen LogP contribution >= 0.6 is 23.1 Å². The second-order valence-corrected chi connectivity index (χ2v) is 5.85. The van der Waals surface area contributed by atoms with Crippen LogP contribution in [0.2, 0.25) is 0 Å². The second kappa shape index (κ2) is 5.65. The fourth-order valence-corrected chi connectivity index (χ4v) is 3.18. The van der Waals surface area contributed by atoms with Crippen LogP contribution in [0.5, 0.6) is 0 Å². The van der Waals surface area contributed by atoms with Crippen LogP contribution in [-0.4, -0.2) is 28.7 Å². The summed E-state index contributed by atoms with van der Waals surface area (Å²) >= 11 is 3.15.